The first-order chi connectivity index (χ1) is 20.1. The zero-order chi connectivity index (χ0) is 30.5. The first kappa shape index (κ1) is 32.9. The van der Waals surface area contributed by atoms with Gasteiger partial charge in [0.15, 0.2) is 0 Å². The van der Waals surface area contributed by atoms with Gasteiger partial charge in [-0.05, 0) is 17.5 Å². The Hall–Kier alpha value is -3.62. The van der Waals surface area contributed by atoms with Crippen molar-refractivity contribution in [2.75, 3.05) is 29.9 Å². The van der Waals surface area contributed by atoms with Crippen molar-refractivity contribution in [2.24, 2.45) is 0 Å². The van der Waals surface area contributed by atoms with E-state index < -0.39 is 56.2 Å². The molecule has 0 spiro atoms. The Morgan fingerprint density at radius 1 is 0.881 bits per heavy atom. The number of aliphatic hydroxyl groups excluding tert-OH is 4. The smallest absolute Gasteiger partial charge is 0.331 e. The third kappa shape index (κ3) is 10.3. The average Bonchev–Trinajstić information content (AvgIpc) is 2.99. The first-order valence-electron chi connectivity index (χ1n) is 13.1. The quantitative estimate of drug-likeness (QED) is 0.101. The summed E-state index contributed by atoms with van der Waals surface area (Å²) in [5, 5.41) is 43.1. The fraction of sp³-hybridized carbons (Fsp3) is 0.370. The van der Waals surface area contributed by atoms with Gasteiger partial charge in [-0.1, -0.05) is 60.7 Å². The van der Waals surface area contributed by atoms with Crippen molar-refractivity contribution in [3.8, 4) is 0 Å². The number of H-pyrrole nitrogens is 2. The molecule has 14 nitrogen and oxygen atoms in total. The number of rotatable bonds is 17. The second-order valence-electron chi connectivity index (χ2n) is 9.35. The number of carbonyl (C=O) groups is 1. The number of aromatic nitrogens is 2. The van der Waals surface area contributed by atoms with Gasteiger partial charge in [0.2, 0.25) is 5.91 Å². The summed E-state index contributed by atoms with van der Waals surface area (Å²) in [5.74, 6) is -0.908. The lowest BCUT2D eigenvalue weighted by molar-refractivity contribution is -0.116. The molecule has 228 valence electrons. The number of amides is 1. The van der Waals surface area contributed by atoms with Crippen LogP contribution in [0, 0.1) is 0 Å². The highest BCUT2D eigenvalue weighted by molar-refractivity contribution is 7.53. The van der Waals surface area contributed by atoms with Crippen LogP contribution >= 0.6 is 7.60 Å². The van der Waals surface area contributed by atoms with Crippen LogP contribution in [0.3, 0.4) is 0 Å². The van der Waals surface area contributed by atoms with Gasteiger partial charge in [0.05, 0.1) is 32.1 Å². The zero-order valence-corrected chi connectivity index (χ0v) is 23.5. The lowest BCUT2D eigenvalue weighted by atomic mass is 10.1. The largest absolute Gasteiger partial charge is 0.394 e. The molecule has 0 saturated heterocycles. The third-order valence-electron chi connectivity index (χ3n) is 6.05. The maximum absolute atomic E-state index is 13.6. The minimum atomic E-state index is -3.65. The number of hydrogen-bond donors (Lipinski definition) is 8. The number of carbonyl (C=O) groups excluding carboxylic acids is 1. The van der Waals surface area contributed by atoms with Gasteiger partial charge >= 0.3 is 13.3 Å². The molecule has 0 bridgehead atoms. The molecule has 3 rings (SSSR count). The van der Waals surface area contributed by atoms with Crippen molar-refractivity contribution in [1.82, 2.24) is 9.97 Å². The summed E-state index contributed by atoms with van der Waals surface area (Å²) >= 11 is 0. The number of nitrogens with one attached hydrogen (secondary N) is 4. The van der Waals surface area contributed by atoms with Crippen LogP contribution in [-0.2, 0) is 31.6 Å². The lowest BCUT2D eigenvalue weighted by Gasteiger charge is -2.22. The maximum Gasteiger partial charge on any atom is 0.331 e. The molecule has 0 unspecified atom stereocenters. The lowest BCUT2D eigenvalue weighted by Crippen LogP contribution is -2.43. The van der Waals surface area contributed by atoms with Crippen molar-refractivity contribution in [1.29, 1.82) is 0 Å². The number of benzene rings is 2. The van der Waals surface area contributed by atoms with Gasteiger partial charge in [0.1, 0.15) is 23.7 Å². The number of aromatic amines is 2. The molecule has 3 aromatic rings. The predicted octanol–water partition coefficient (Wildman–Crippen LogP) is 0.895. The van der Waals surface area contributed by atoms with E-state index in [0.29, 0.717) is 0 Å². The Balaban J connectivity index is 1.62. The van der Waals surface area contributed by atoms with Crippen molar-refractivity contribution >= 4 is 25.0 Å². The van der Waals surface area contributed by atoms with Crippen LogP contribution in [0.4, 0.5) is 11.5 Å². The molecule has 0 aliphatic rings. The normalized spacial score (nSPS) is 13.7. The van der Waals surface area contributed by atoms with Gasteiger partial charge in [-0.2, -0.15) is 0 Å². The predicted molar refractivity (Wildman–Crippen MR) is 154 cm³/mol. The molecule has 1 heterocycles. The number of hydrogen-bond acceptors (Lipinski definition) is 11. The molecule has 15 heteroatoms. The number of anilines is 2. The molecule has 0 saturated carbocycles. The van der Waals surface area contributed by atoms with Crippen molar-refractivity contribution < 1.29 is 38.8 Å². The van der Waals surface area contributed by atoms with Gasteiger partial charge in [-0.25, -0.2) is 4.79 Å². The highest BCUT2D eigenvalue weighted by atomic mass is 31.2. The van der Waals surface area contributed by atoms with E-state index in [1.807, 2.05) is 65.6 Å². The Labute approximate surface area is 240 Å². The Bertz CT molecular complexity index is 1390. The van der Waals surface area contributed by atoms with Crippen molar-refractivity contribution in [2.45, 2.75) is 44.4 Å². The summed E-state index contributed by atoms with van der Waals surface area (Å²) in [6.45, 7) is -1.18. The molecule has 42 heavy (non-hydrogen) atoms. The molecule has 0 fully saturated rings. The fourth-order valence-corrected chi connectivity index (χ4v) is 5.30. The van der Waals surface area contributed by atoms with Crippen LogP contribution in [0.1, 0.15) is 24.0 Å². The van der Waals surface area contributed by atoms with E-state index in [2.05, 4.69) is 15.6 Å². The van der Waals surface area contributed by atoms with E-state index in [-0.39, 0.29) is 43.7 Å². The van der Waals surface area contributed by atoms with Gasteiger partial charge < -0.3 is 40.1 Å². The van der Waals surface area contributed by atoms with E-state index in [0.717, 1.165) is 11.1 Å². The molecular weight excluding hydrogens is 571 g/mol. The van der Waals surface area contributed by atoms with E-state index in [4.69, 9.17) is 14.2 Å². The SMILES string of the molecule is O=C(CCCP(=O)(OCc1ccccc1)OCc1ccccc1)Nc1c(NC[C@H](O)[C@H](O)[C@H](O)CO)[nH]c(=O)[nH]c1=O. The Kier molecular flexibility index (Phi) is 12.6. The fourth-order valence-electron chi connectivity index (χ4n) is 3.73. The van der Waals surface area contributed by atoms with E-state index in [1.54, 1.807) is 0 Å². The molecule has 0 aliphatic heterocycles. The van der Waals surface area contributed by atoms with E-state index in [1.165, 1.54) is 0 Å². The van der Waals surface area contributed by atoms with Gasteiger partial charge in [-0.3, -0.25) is 24.1 Å². The summed E-state index contributed by atoms with van der Waals surface area (Å²) < 4.78 is 25.0. The van der Waals surface area contributed by atoms with Crippen LogP contribution in [0.25, 0.3) is 0 Å². The molecule has 8 N–H and O–H groups in total. The summed E-state index contributed by atoms with van der Waals surface area (Å²) in [4.78, 5) is 41.2. The molecule has 2 aromatic carbocycles. The number of aliphatic hydroxyl groups is 4. The Morgan fingerprint density at radius 3 is 2.00 bits per heavy atom. The maximum atomic E-state index is 13.6. The van der Waals surface area contributed by atoms with Gasteiger partial charge in [0, 0.05) is 13.0 Å². The summed E-state index contributed by atoms with van der Waals surface area (Å²) in [7, 11) is -3.65. The van der Waals surface area contributed by atoms with E-state index >= 15 is 0 Å². The van der Waals surface area contributed by atoms with Crippen molar-refractivity contribution in [3.63, 3.8) is 0 Å². The first-order valence-corrected chi connectivity index (χ1v) is 14.8. The summed E-state index contributed by atoms with van der Waals surface area (Å²) in [6.07, 6.45) is -5.15. The van der Waals surface area contributed by atoms with E-state index in [9.17, 15) is 34.3 Å². The molecule has 0 radical (unpaired) electrons. The van der Waals surface area contributed by atoms with Crippen LogP contribution < -0.4 is 21.9 Å². The minimum Gasteiger partial charge on any atom is -0.394 e. The highest BCUT2D eigenvalue weighted by Crippen LogP contribution is 2.50. The summed E-state index contributed by atoms with van der Waals surface area (Å²) in [5.41, 5.74) is -0.631. The second kappa shape index (κ2) is 16.1. The molecule has 3 atom stereocenters. The Morgan fingerprint density at radius 2 is 1.45 bits per heavy atom. The standard InChI is InChI=1S/C27H35N4O10P/c32-15-21(34)24(36)20(33)14-28-25-23(26(37)31-27(38)30-25)29-22(35)12-7-13-42(39,40-16-18-8-3-1-4-9-18)41-17-19-10-5-2-6-11-19/h1-6,8-11,20-21,24,32-34,36H,7,12-17H2,(H,29,35)(H3,28,30,31,37,38)/t20-,21+,24-/m0/s1. The third-order valence-corrected chi connectivity index (χ3v) is 7.96. The second-order valence-corrected chi connectivity index (χ2v) is 11.5. The highest BCUT2D eigenvalue weighted by Gasteiger charge is 2.26. The van der Waals surface area contributed by atoms with Gasteiger partial charge in [-0.15, -0.1) is 0 Å². The van der Waals surface area contributed by atoms with Crippen LogP contribution in [-0.4, -0.2) is 73.9 Å². The van der Waals surface area contributed by atoms with Crippen molar-refractivity contribution in [3.05, 3.63) is 92.6 Å². The summed E-state index contributed by atoms with van der Waals surface area (Å²) in [6, 6.07) is 18.2. The van der Waals surface area contributed by atoms with Crippen LogP contribution in [0.15, 0.2) is 70.3 Å². The van der Waals surface area contributed by atoms with Crippen LogP contribution in [0.2, 0.25) is 0 Å². The van der Waals surface area contributed by atoms with Gasteiger partial charge in [0.25, 0.3) is 5.56 Å². The zero-order valence-electron chi connectivity index (χ0n) is 22.6. The topological polar surface area (TPSA) is 223 Å². The average molecular weight is 607 g/mol. The monoisotopic (exact) mass is 606 g/mol. The molecule has 0 aliphatic carbocycles. The molecule has 1 amide bonds. The minimum absolute atomic E-state index is 0.0385. The molecule has 1 aromatic heterocycles. The molecular formula is C27H35N4O10P. The van der Waals surface area contributed by atoms with Crippen LogP contribution in [0.5, 0.6) is 0 Å².